The highest BCUT2D eigenvalue weighted by atomic mass is 16.5. The van der Waals surface area contributed by atoms with Crippen LogP contribution in [-0.2, 0) is 57.2 Å². The molecule has 6 N–H and O–H groups in total. The summed E-state index contributed by atoms with van der Waals surface area (Å²) in [6.07, 6.45) is 37.7. The third-order valence-electron chi connectivity index (χ3n) is 30.4. The van der Waals surface area contributed by atoms with Gasteiger partial charge in [0.1, 0.15) is 36.3 Å². The maximum absolute atomic E-state index is 12.5. The molecule has 12 aliphatic carbocycles. The Morgan fingerprint density at radius 1 is 0.315 bits per heavy atom. The molecule has 6 amide bonds. The monoisotopic (exact) mass is 1510 g/mol. The van der Waals surface area contributed by atoms with Crippen molar-refractivity contribution in [2.24, 2.45) is 82.9 Å². The Labute approximate surface area is 647 Å². The molecule has 0 spiro atoms. The van der Waals surface area contributed by atoms with Crippen LogP contribution < -0.4 is 31.9 Å². The van der Waals surface area contributed by atoms with Gasteiger partial charge >= 0.3 is 0 Å². The van der Waals surface area contributed by atoms with E-state index in [1.54, 1.807) is 0 Å². The number of hydrogen-bond acceptors (Lipinski definition) is 18. The molecule has 6 aliphatic heterocycles. The Kier molecular flexibility index (Phi) is 30.2. The summed E-state index contributed by atoms with van der Waals surface area (Å²) in [6.45, 7) is 14.8. The lowest BCUT2D eigenvalue weighted by molar-refractivity contribution is -0.139. The van der Waals surface area contributed by atoms with Gasteiger partial charge in [-0.1, -0.05) is 57.8 Å². The first kappa shape index (κ1) is 82.3. The maximum Gasteiger partial charge on any atom is 0.242 e. The fraction of sp³-hybridized carbons (Fsp3) is 0.929. The van der Waals surface area contributed by atoms with Crippen LogP contribution in [-0.4, -0.2) is 299 Å². The molecule has 18 rings (SSSR count). The highest BCUT2D eigenvalue weighted by Crippen LogP contribution is 2.53. The summed E-state index contributed by atoms with van der Waals surface area (Å²) >= 11 is 0. The van der Waals surface area contributed by atoms with Crippen molar-refractivity contribution in [3.05, 3.63) is 0 Å². The van der Waals surface area contributed by atoms with Gasteiger partial charge in [-0.15, -0.1) is 0 Å². The van der Waals surface area contributed by atoms with E-state index in [1.807, 2.05) is 52.1 Å². The molecular weight excluding hydrogens is 1370 g/mol. The highest BCUT2D eigenvalue weighted by Gasteiger charge is 2.52. The van der Waals surface area contributed by atoms with Crippen molar-refractivity contribution in [2.45, 2.75) is 234 Å². The second-order valence-electron chi connectivity index (χ2n) is 36.7. The van der Waals surface area contributed by atoms with Gasteiger partial charge in [-0.2, -0.15) is 0 Å². The largest absolute Gasteiger partial charge is 0.377 e. The first-order valence-electron chi connectivity index (χ1n) is 43.9. The Bertz CT molecular complexity index is 2880. The molecule has 6 saturated heterocycles. The van der Waals surface area contributed by atoms with Crippen molar-refractivity contribution in [1.29, 1.82) is 0 Å². The second-order valence-corrected chi connectivity index (χ2v) is 36.7. The number of fused-ring (bicyclic) bond motifs is 12. The molecule has 6 heterocycles. The van der Waals surface area contributed by atoms with Crippen LogP contribution in [0, 0.1) is 82.9 Å². The lowest BCUT2D eigenvalue weighted by Crippen LogP contribution is -2.55. The number of nitrogens with zero attached hydrogens (tertiary/aromatic N) is 6. The van der Waals surface area contributed by atoms with Crippen LogP contribution in [0.15, 0.2) is 0 Å². The number of carbonyl (C=O) groups excluding carboxylic acids is 6. The van der Waals surface area contributed by atoms with Crippen LogP contribution in [0.1, 0.15) is 180 Å². The van der Waals surface area contributed by atoms with Crippen LogP contribution in [0.5, 0.6) is 0 Å². The van der Waals surface area contributed by atoms with Crippen molar-refractivity contribution in [3.8, 4) is 0 Å². The van der Waals surface area contributed by atoms with E-state index in [1.165, 1.54) is 180 Å². The van der Waals surface area contributed by atoms with E-state index >= 15 is 0 Å². The lowest BCUT2D eigenvalue weighted by Gasteiger charge is -2.40. The predicted molar refractivity (Wildman–Crippen MR) is 415 cm³/mol. The Hall–Kier alpha value is -3.66. The molecule has 0 aromatic rings. The SMILES string of the molecule is CNC1COCCN(C23CCC(CC2)C3)C1=O.CNC1COCCN(C2CC3CCC2C3)C1=O.CNC1COCCN(C2CC3CCCC2C3)C1=O.CNC1COCCN(CC2CC3CCC(C3)C2)C1=O.CNC1COCCN(CC2CC3CCC2C3)C1=O.CNC1COCCN(CC2CC3CCCC2C3)C1=O. The fourth-order valence-corrected chi connectivity index (χ4v) is 24.5. The first-order valence-corrected chi connectivity index (χ1v) is 43.9. The molecule has 20 unspecified atom stereocenters. The molecule has 0 aromatic heterocycles. The molecule has 12 saturated carbocycles. The predicted octanol–water partition coefficient (Wildman–Crippen LogP) is 5.79. The van der Waals surface area contributed by atoms with Gasteiger partial charge in [-0.3, -0.25) is 28.8 Å². The van der Waals surface area contributed by atoms with E-state index < -0.39 is 0 Å². The van der Waals surface area contributed by atoms with Gasteiger partial charge in [0.2, 0.25) is 35.4 Å². The lowest BCUT2D eigenvalue weighted by atomic mass is 9.81. The minimum absolute atomic E-state index is 0.142. The molecule has 18 fully saturated rings. The summed E-state index contributed by atoms with van der Waals surface area (Å²) in [4.78, 5) is 87.2. The van der Waals surface area contributed by atoms with Crippen LogP contribution in [0.25, 0.3) is 0 Å². The topological polar surface area (TPSA) is 249 Å². The average molecular weight is 1510 g/mol. The molecule has 20 atom stereocenters. The van der Waals surface area contributed by atoms with Gasteiger partial charge in [-0.25, -0.2) is 0 Å². The molecule has 0 radical (unpaired) electrons. The van der Waals surface area contributed by atoms with Gasteiger partial charge in [0, 0.05) is 76.5 Å². The van der Waals surface area contributed by atoms with Crippen LogP contribution in [0.2, 0.25) is 0 Å². The Balaban J connectivity index is 0.000000114. The van der Waals surface area contributed by atoms with Crippen molar-refractivity contribution >= 4 is 35.4 Å². The van der Waals surface area contributed by atoms with E-state index in [0.29, 0.717) is 91.4 Å². The van der Waals surface area contributed by atoms with Gasteiger partial charge in [0.15, 0.2) is 0 Å². The number of hydrogen-bond donors (Lipinski definition) is 6. The molecule has 18 aliphatic rings. The standard InChI is InChI=1S/2C15H26N2O2.2C14H24N2O2.2C13H22N2O2/c1-16-14-10-19-5-4-17(15(14)18)9-13-7-11-2-3-12(6-11)8-13;1-16-14-10-19-6-5-17(15(14)18)9-13-8-11-3-2-4-12(13)7-11;1-15-13-9-18-5-4-16(14(13)17)8-12-7-10-2-3-11(12)6-10;1-15-12-9-18-6-5-16(14(12)17)13-8-10-3-2-4-11(13)7-10;1-14-11-9-17-7-6-15(12(11)16)13-4-2-10(8-13)3-5-13;1-14-11-8-17-5-4-15(13(11)16)12-7-9-2-3-10(12)6-9/h2*11-14,16H,2-10H2,1H3;2*10-13,15H,2-9H2,1H3;10-11,14H,2-9H2,1H3;9-12,14H,2-8H2,1H3. The van der Waals surface area contributed by atoms with Gasteiger partial charge in [-0.05, 0) is 247 Å². The van der Waals surface area contributed by atoms with E-state index in [9.17, 15) is 28.8 Å². The van der Waals surface area contributed by atoms with Crippen molar-refractivity contribution in [3.63, 3.8) is 0 Å². The maximum atomic E-state index is 12.5. The zero-order chi connectivity index (χ0) is 75.3. The minimum Gasteiger partial charge on any atom is -0.377 e. The van der Waals surface area contributed by atoms with Crippen LogP contribution in [0.3, 0.4) is 0 Å². The summed E-state index contributed by atoms with van der Waals surface area (Å²) in [5.41, 5.74) is 0.185. The number of carbonyl (C=O) groups is 6. The Morgan fingerprint density at radius 2 is 0.657 bits per heavy atom. The fourth-order valence-electron chi connectivity index (χ4n) is 24.5. The molecule has 12 bridgehead atoms. The summed E-state index contributed by atoms with van der Waals surface area (Å²) in [7, 11) is 11.1. The number of rotatable bonds is 15. The smallest absolute Gasteiger partial charge is 0.242 e. The van der Waals surface area contributed by atoms with Gasteiger partial charge < -0.3 is 89.7 Å². The summed E-state index contributed by atoms with van der Waals surface area (Å²) in [5.74, 6) is 13.4. The third-order valence-corrected chi connectivity index (χ3v) is 30.4. The third kappa shape index (κ3) is 20.2. The quantitative estimate of drug-likeness (QED) is 0.114. The molecule has 24 heteroatoms. The van der Waals surface area contributed by atoms with E-state index in [4.69, 9.17) is 28.4 Å². The van der Waals surface area contributed by atoms with Crippen molar-refractivity contribution < 1.29 is 57.2 Å². The number of nitrogens with one attached hydrogen (secondary N) is 6. The summed E-state index contributed by atoms with van der Waals surface area (Å²) in [6, 6.07) is 0.106. The molecule has 108 heavy (non-hydrogen) atoms. The number of ether oxygens (including phenoxy) is 6. The van der Waals surface area contributed by atoms with E-state index in [2.05, 4.69) is 51.5 Å². The molecule has 612 valence electrons. The number of likely N-dealkylation sites (N-methyl/N-ethyl adjacent to an activating group) is 6. The van der Waals surface area contributed by atoms with Gasteiger partial charge in [0.05, 0.1) is 79.3 Å². The highest BCUT2D eigenvalue weighted by molar-refractivity contribution is 5.85. The zero-order valence-electron chi connectivity index (χ0n) is 67.4. The molecule has 24 nitrogen and oxygen atoms in total. The number of amides is 6. The van der Waals surface area contributed by atoms with Crippen LogP contribution in [0.4, 0.5) is 0 Å². The normalized spacial score (nSPS) is 40.6. The molecule has 0 aromatic carbocycles. The average Bonchev–Trinajstić information content (AvgIpc) is 1.60. The summed E-state index contributed by atoms with van der Waals surface area (Å²) < 4.78 is 33.1. The summed E-state index contributed by atoms with van der Waals surface area (Å²) in [5, 5.41) is 18.5. The zero-order valence-corrected chi connectivity index (χ0v) is 67.4. The minimum atomic E-state index is -0.150. The molecular formula is C84H144N12O12. The first-order chi connectivity index (χ1) is 52.6. The van der Waals surface area contributed by atoms with Gasteiger partial charge in [0.25, 0.3) is 0 Å². The van der Waals surface area contributed by atoms with Crippen LogP contribution >= 0.6 is 0 Å². The van der Waals surface area contributed by atoms with E-state index in [-0.39, 0.29) is 77.2 Å². The Morgan fingerprint density at radius 3 is 1.06 bits per heavy atom. The van der Waals surface area contributed by atoms with Crippen molar-refractivity contribution in [1.82, 2.24) is 61.3 Å². The second kappa shape index (κ2) is 39.6. The van der Waals surface area contributed by atoms with Crippen molar-refractivity contribution in [2.75, 3.05) is 180 Å². The van der Waals surface area contributed by atoms with E-state index in [0.717, 1.165) is 142 Å².